The molecular formula is C20H16FeOS. The van der Waals surface area contributed by atoms with E-state index >= 15 is 0 Å². The van der Waals surface area contributed by atoms with E-state index in [1.54, 1.807) is 0 Å². The number of hydrogen-bond donors (Lipinski definition) is 0. The molecule has 0 aromatic heterocycles. The van der Waals surface area contributed by atoms with Gasteiger partial charge in [0.1, 0.15) is 0 Å². The third kappa shape index (κ3) is 4.29. The standard InChI is InChI=1S/C15H11OS.C5H5.Fe/c16-17(13-8-2-3-9-13)15-11-5-7-12-6-1-4-10-14(12)15;1-2-4-5-3-1;/h1-11H;1-5H;/q2*-1;+2. The van der Waals surface area contributed by atoms with Gasteiger partial charge >= 0.3 is 17.1 Å². The van der Waals surface area contributed by atoms with E-state index in [-0.39, 0.29) is 17.1 Å². The second kappa shape index (κ2) is 8.64. The van der Waals surface area contributed by atoms with E-state index in [0.717, 1.165) is 20.6 Å². The van der Waals surface area contributed by atoms with Crippen LogP contribution in [0.1, 0.15) is 0 Å². The van der Waals surface area contributed by atoms with E-state index in [4.69, 9.17) is 0 Å². The van der Waals surface area contributed by atoms with Crippen LogP contribution in [0.25, 0.3) is 10.8 Å². The average Bonchev–Trinajstić information content (AvgIpc) is 3.29. The van der Waals surface area contributed by atoms with Crippen molar-refractivity contribution < 1.29 is 21.3 Å². The molecule has 0 radical (unpaired) electrons. The van der Waals surface area contributed by atoms with Crippen molar-refractivity contribution in [1.82, 2.24) is 0 Å². The van der Waals surface area contributed by atoms with Gasteiger partial charge in [0.15, 0.2) is 0 Å². The summed E-state index contributed by atoms with van der Waals surface area (Å²) < 4.78 is 12.4. The first kappa shape index (κ1) is 17.4. The van der Waals surface area contributed by atoms with Gasteiger partial charge in [0.25, 0.3) is 0 Å². The monoisotopic (exact) mass is 360 g/mol. The first-order chi connectivity index (χ1) is 10.9. The molecule has 0 saturated carbocycles. The molecule has 3 heteroatoms. The van der Waals surface area contributed by atoms with Crippen LogP contribution < -0.4 is 0 Å². The maximum Gasteiger partial charge on any atom is 2.00 e. The second-order valence-electron chi connectivity index (χ2n) is 4.83. The molecule has 1 atom stereocenters. The van der Waals surface area contributed by atoms with E-state index in [0.29, 0.717) is 0 Å². The Labute approximate surface area is 149 Å². The number of benzene rings is 2. The van der Waals surface area contributed by atoms with Crippen LogP contribution >= 0.6 is 0 Å². The fourth-order valence-corrected chi connectivity index (χ4v) is 3.53. The van der Waals surface area contributed by atoms with Crippen LogP contribution in [0.4, 0.5) is 0 Å². The Hall–Kier alpha value is -1.93. The minimum absolute atomic E-state index is 0. The van der Waals surface area contributed by atoms with Gasteiger partial charge in [0.05, 0.1) is 0 Å². The van der Waals surface area contributed by atoms with Crippen LogP contribution in [0.3, 0.4) is 0 Å². The van der Waals surface area contributed by atoms with Crippen LogP contribution in [0.15, 0.2) is 107 Å². The largest absolute Gasteiger partial charge is 2.00 e. The van der Waals surface area contributed by atoms with Crippen molar-refractivity contribution in [3.63, 3.8) is 0 Å². The number of rotatable bonds is 2. The molecule has 0 aliphatic heterocycles. The van der Waals surface area contributed by atoms with Crippen LogP contribution in [0, 0.1) is 0 Å². The van der Waals surface area contributed by atoms with Crippen molar-refractivity contribution in [2.75, 3.05) is 0 Å². The SMILES string of the molecule is O=S(c1cccc2ccccc12)[c-]1cccc1.[Fe+2].c1cc[cH-]c1. The Morgan fingerprint density at radius 1 is 0.783 bits per heavy atom. The molecular weight excluding hydrogens is 344 g/mol. The van der Waals surface area contributed by atoms with Crippen LogP contribution in [0.2, 0.25) is 0 Å². The maximum absolute atomic E-state index is 12.4. The molecule has 23 heavy (non-hydrogen) atoms. The Morgan fingerprint density at radius 3 is 2.09 bits per heavy atom. The third-order valence-electron chi connectivity index (χ3n) is 3.35. The summed E-state index contributed by atoms with van der Waals surface area (Å²) in [6, 6.07) is 31.6. The zero-order valence-electron chi connectivity index (χ0n) is 12.4. The molecule has 0 bridgehead atoms. The van der Waals surface area contributed by atoms with Gasteiger partial charge in [-0.25, -0.2) is 24.3 Å². The fourth-order valence-electron chi connectivity index (χ4n) is 2.29. The molecule has 116 valence electrons. The number of fused-ring (bicyclic) bond motifs is 1. The van der Waals surface area contributed by atoms with Crippen molar-refractivity contribution in [3.8, 4) is 0 Å². The topological polar surface area (TPSA) is 17.1 Å². The average molecular weight is 360 g/mol. The first-order valence-electron chi connectivity index (χ1n) is 7.14. The van der Waals surface area contributed by atoms with Gasteiger partial charge < -0.3 is 0 Å². The van der Waals surface area contributed by atoms with Gasteiger partial charge in [0, 0.05) is 15.7 Å². The Kier molecular flexibility index (Phi) is 6.54. The zero-order valence-corrected chi connectivity index (χ0v) is 14.3. The maximum atomic E-state index is 12.4. The summed E-state index contributed by atoms with van der Waals surface area (Å²) in [6.45, 7) is 0. The van der Waals surface area contributed by atoms with E-state index in [1.165, 1.54) is 0 Å². The van der Waals surface area contributed by atoms with Crippen molar-refractivity contribution in [2.24, 2.45) is 0 Å². The molecule has 0 saturated heterocycles. The predicted molar refractivity (Wildman–Crippen MR) is 92.7 cm³/mol. The molecule has 0 fully saturated rings. The second-order valence-corrected chi connectivity index (χ2v) is 6.28. The van der Waals surface area contributed by atoms with E-state index in [1.807, 2.05) is 97.1 Å². The van der Waals surface area contributed by atoms with Crippen LogP contribution in [-0.4, -0.2) is 4.21 Å². The third-order valence-corrected chi connectivity index (χ3v) is 4.81. The molecule has 0 aliphatic rings. The van der Waals surface area contributed by atoms with Gasteiger partial charge in [-0.05, 0) is 16.8 Å². The molecule has 4 rings (SSSR count). The number of hydrogen-bond acceptors (Lipinski definition) is 1. The van der Waals surface area contributed by atoms with Gasteiger partial charge in [-0.1, -0.05) is 41.3 Å². The summed E-state index contributed by atoms with van der Waals surface area (Å²) in [7, 11) is -1.09. The smallest absolute Gasteiger partial charge is 0.263 e. The molecule has 0 spiro atoms. The van der Waals surface area contributed by atoms with E-state index < -0.39 is 10.8 Å². The summed E-state index contributed by atoms with van der Waals surface area (Å²) >= 11 is 0. The first-order valence-corrected chi connectivity index (χ1v) is 8.29. The van der Waals surface area contributed by atoms with Crippen LogP contribution in [-0.2, 0) is 27.9 Å². The Morgan fingerprint density at radius 2 is 1.43 bits per heavy atom. The Balaban J connectivity index is 0.000000276. The minimum atomic E-state index is -1.09. The molecule has 0 N–H and O–H groups in total. The molecule has 4 aromatic carbocycles. The van der Waals surface area contributed by atoms with Crippen molar-refractivity contribution in [1.29, 1.82) is 0 Å². The van der Waals surface area contributed by atoms with Crippen molar-refractivity contribution in [3.05, 3.63) is 97.1 Å². The van der Waals surface area contributed by atoms with Crippen molar-refractivity contribution >= 4 is 21.6 Å². The normalized spacial score (nSPS) is 11.1. The summed E-state index contributed by atoms with van der Waals surface area (Å²) in [6.07, 6.45) is 0. The van der Waals surface area contributed by atoms with E-state index in [2.05, 4.69) is 0 Å². The predicted octanol–water partition coefficient (Wildman–Crippen LogP) is 5.13. The molecule has 0 heterocycles. The molecule has 0 aliphatic carbocycles. The molecule has 1 nitrogen and oxygen atoms in total. The summed E-state index contributed by atoms with van der Waals surface area (Å²) in [4.78, 5) is 1.75. The fraction of sp³-hybridized carbons (Fsp3) is 0. The van der Waals surface area contributed by atoms with Gasteiger partial charge in [-0.3, -0.25) is 4.21 Å². The Bertz CT molecular complexity index is 826. The van der Waals surface area contributed by atoms with Crippen LogP contribution in [0.5, 0.6) is 0 Å². The van der Waals surface area contributed by atoms with Gasteiger partial charge in [-0.15, -0.1) is 0 Å². The van der Waals surface area contributed by atoms with Gasteiger partial charge in [0.2, 0.25) is 0 Å². The summed E-state index contributed by atoms with van der Waals surface area (Å²) in [5, 5.41) is 2.19. The quantitative estimate of drug-likeness (QED) is 0.358. The van der Waals surface area contributed by atoms with Gasteiger partial charge in [-0.2, -0.15) is 30.3 Å². The van der Waals surface area contributed by atoms with Crippen molar-refractivity contribution in [2.45, 2.75) is 9.79 Å². The zero-order chi connectivity index (χ0) is 15.2. The summed E-state index contributed by atoms with van der Waals surface area (Å²) in [5.74, 6) is 0. The molecule has 0 amide bonds. The van der Waals surface area contributed by atoms with E-state index in [9.17, 15) is 4.21 Å². The minimum Gasteiger partial charge on any atom is -0.263 e. The molecule has 4 aromatic rings. The molecule has 1 unspecified atom stereocenters. The summed E-state index contributed by atoms with van der Waals surface area (Å²) in [5.41, 5.74) is 0.